The maximum absolute atomic E-state index is 13.8. The van der Waals surface area contributed by atoms with Gasteiger partial charge in [0.25, 0.3) is 0 Å². The maximum Gasteiger partial charge on any atom is 0.230 e. The lowest BCUT2D eigenvalue weighted by Crippen LogP contribution is -1.93. The molecule has 2 heterocycles. The number of aromatic nitrogens is 1. The van der Waals surface area contributed by atoms with Gasteiger partial charge in [-0.1, -0.05) is 5.16 Å². The monoisotopic (exact) mass is 220 g/mol. The van der Waals surface area contributed by atoms with E-state index < -0.39 is 0 Å². The van der Waals surface area contributed by atoms with Crippen LogP contribution in [0.3, 0.4) is 0 Å². The van der Waals surface area contributed by atoms with Crippen LogP contribution in [0.2, 0.25) is 0 Å². The van der Waals surface area contributed by atoms with Gasteiger partial charge in [0.1, 0.15) is 11.6 Å². The molecule has 2 N–H and O–H groups in total. The lowest BCUT2D eigenvalue weighted by Gasteiger charge is -2.06. The summed E-state index contributed by atoms with van der Waals surface area (Å²) in [7, 11) is 0. The number of anilines is 1. The van der Waals surface area contributed by atoms with E-state index in [1.54, 1.807) is 6.07 Å². The highest BCUT2D eigenvalue weighted by Gasteiger charge is 2.23. The summed E-state index contributed by atoms with van der Waals surface area (Å²) < 4.78 is 23.9. The van der Waals surface area contributed by atoms with Crippen molar-refractivity contribution in [2.75, 3.05) is 12.3 Å². The van der Waals surface area contributed by atoms with Gasteiger partial charge in [0.2, 0.25) is 5.88 Å². The van der Waals surface area contributed by atoms with Gasteiger partial charge >= 0.3 is 0 Å². The maximum atomic E-state index is 13.8. The summed E-state index contributed by atoms with van der Waals surface area (Å²) in [6.07, 6.45) is 2.10. The van der Waals surface area contributed by atoms with Gasteiger partial charge in [-0.15, -0.1) is 0 Å². The molecular weight excluding hydrogens is 211 g/mol. The average Bonchev–Trinajstić information content (AvgIpc) is 2.87. The lowest BCUT2D eigenvalue weighted by atomic mass is 9.99. The Kier molecular flexibility index (Phi) is 1.86. The van der Waals surface area contributed by atoms with Crippen molar-refractivity contribution in [2.45, 2.75) is 6.42 Å². The number of nitrogen functional groups attached to an aromatic ring is 1. The molecule has 0 fully saturated rings. The first-order chi connectivity index (χ1) is 7.77. The Hall–Kier alpha value is -2.04. The molecule has 0 atom stereocenters. The van der Waals surface area contributed by atoms with Gasteiger partial charge in [-0.3, -0.25) is 0 Å². The number of benzene rings is 1. The summed E-state index contributed by atoms with van der Waals surface area (Å²) in [5.41, 5.74) is 7.35. The molecule has 5 heteroatoms. The van der Waals surface area contributed by atoms with Crippen LogP contribution in [0.4, 0.5) is 10.3 Å². The van der Waals surface area contributed by atoms with Gasteiger partial charge < -0.3 is 15.0 Å². The van der Waals surface area contributed by atoms with Crippen molar-refractivity contribution in [3.8, 4) is 16.9 Å². The first-order valence-corrected chi connectivity index (χ1v) is 4.92. The van der Waals surface area contributed by atoms with Crippen LogP contribution in [0.15, 0.2) is 22.9 Å². The third-order valence-electron chi connectivity index (χ3n) is 2.70. The molecule has 0 saturated heterocycles. The van der Waals surface area contributed by atoms with Crippen LogP contribution in [0.25, 0.3) is 11.1 Å². The van der Waals surface area contributed by atoms with Crippen LogP contribution in [0.1, 0.15) is 5.56 Å². The van der Waals surface area contributed by atoms with Crippen molar-refractivity contribution >= 4 is 5.88 Å². The number of hydrogen-bond acceptors (Lipinski definition) is 4. The van der Waals surface area contributed by atoms with E-state index in [1.165, 1.54) is 12.3 Å². The minimum Gasteiger partial charge on any atom is -0.493 e. The van der Waals surface area contributed by atoms with Gasteiger partial charge in [0, 0.05) is 17.5 Å². The zero-order chi connectivity index (χ0) is 11.1. The number of fused-ring (bicyclic) bond motifs is 1. The van der Waals surface area contributed by atoms with E-state index in [4.69, 9.17) is 15.0 Å². The Morgan fingerprint density at radius 1 is 1.38 bits per heavy atom. The minimum absolute atomic E-state index is 0.124. The average molecular weight is 220 g/mol. The number of hydrogen-bond donors (Lipinski definition) is 1. The second-order valence-electron chi connectivity index (χ2n) is 3.60. The van der Waals surface area contributed by atoms with Crippen molar-refractivity contribution in [1.29, 1.82) is 0 Å². The van der Waals surface area contributed by atoms with Crippen LogP contribution in [0.5, 0.6) is 5.75 Å². The Morgan fingerprint density at radius 3 is 3.00 bits per heavy atom. The molecule has 0 aliphatic carbocycles. The van der Waals surface area contributed by atoms with Crippen LogP contribution >= 0.6 is 0 Å². The summed E-state index contributed by atoms with van der Waals surface area (Å²) in [5.74, 6) is 0.496. The van der Waals surface area contributed by atoms with Crippen molar-refractivity contribution < 1.29 is 13.7 Å². The van der Waals surface area contributed by atoms with Crippen LogP contribution in [0, 0.1) is 5.82 Å². The fourth-order valence-corrected chi connectivity index (χ4v) is 1.97. The van der Waals surface area contributed by atoms with E-state index in [2.05, 4.69) is 5.16 Å². The lowest BCUT2D eigenvalue weighted by molar-refractivity contribution is 0.356. The van der Waals surface area contributed by atoms with E-state index in [9.17, 15) is 4.39 Å². The first-order valence-electron chi connectivity index (χ1n) is 4.92. The number of ether oxygens (including phenoxy) is 1. The third-order valence-corrected chi connectivity index (χ3v) is 2.70. The second-order valence-corrected chi connectivity index (χ2v) is 3.60. The van der Waals surface area contributed by atoms with E-state index in [1.807, 2.05) is 0 Å². The Bertz CT molecular complexity index is 551. The molecular formula is C11H9FN2O2. The smallest absolute Gasteiger partial charge is 0.230 e. The third kappa shape index (κ3) is 1.18. The summed E-state index contributed by atoms with van der Waals surface area (Å²) in [6.45, 7) is 0.566. The number of nitrogens with two attached hydrogens (primary N) is 1. The summed E-state index contributed by atoms with van der Waals surface area (Å²) in [4.78, 5) is 0. The Labute approximate surface area is 90.8 Å². The zero-order valence-electron chi connectivity index (χ0n) is 8.37. The van der Waals surface area contributed by atoms with Crippen molar-refractivity contribution in [1.82, 2.24) is 5.16 Å². The van der Waals surface area contributed by atoms with Crippen LogP contribution < -0.4 is 10.5 Å². The fraction of sp³-hybridized carbons (Fsp3) is 0.182. The molecule has 1 aromatic carbocycles. The summed E-state index contributed by atoms with van der Waals surface area (Å²) in [6, 6.07) is 3.00. The molecule has 1 aliphatic rings. The molecule has 1 aliphatic heterocycles. The van der Waals surface area contributed by atoms with E-state index >= 15 is 0 Å². The molecule has 0 bridgehead atoms. The van der Waals surface area contributed by atoms with Crippen LogP contribution in [-0.4, -0.2) is 11.8 Å². The Balaban J connectivity index is 2.28. The summed E-state index contributed by atoms with van der Waals surface area (Å²) >= 11 is 0. The largest absolute Gasteiger partial charge is 0.493 e. The van der Waals surface area contributed by atoms with Crippen molar-refractivity contribution in [3.05, 3.63) is 29.7 Å². The van der Waals surface area contributed by atoms with Gasteiger partial charge in [-0.25, -0.2) is 4.39 Å². The normalized spacial score (nSPS) is 13.6. The number of rotatable bonds is 1. The van der Waals surface area contributed by atoms with Gasteiger partial charge in [-0.2, -0.15) is 0 Å². The molecule has 0 saturated carbocycles. The second kappa shape index (κ2) is 3.23. The minimum atomic E-state index is -0.334. The predicted molar refractivity (Wildman–Crippen MR) is 55.5 cm³/mol. The molecule has 82 valence electrons. The molecule has 16 heavy (non-hydrogen) atoms. The highest BCUT2D eigenvalue weighted by molar-refractivity contribution is 5.77. The quantitative estimate of drug-likeness (QED) is 0.798. The topological polar surface area (TPSA) is 61.3 Å². The fourth-order valence-electron chi connectivity index (χ4n) is 1.97. The molecule has 3 rings (SSSR count). The van der Waals surface area contributed by atoms with Crippen molar-refractivity contribution in [2.24, 2.45) is 0 Å². The summed E-state index contributed by atoms with van der Waals surface area (Å²) in [5, 5.41) is 3.56. The van der Waals surface area contributed by atoms with Crippen molar-refractivity contribution in [3.63, 3.8) is 0 Å². The molecule has 1 aromatic heterocycles. The zero-order valence-corrected chi connectivity index (χ0v) is 8.37. The molecule has 4 nitrogen and oxygen atoms in total. The predicted octanol–water partition coefficient (Wildman–Crippen LogP) is 2.00. The van der Waals surface area contributed by atoms with Gasteiger partial charge in [0.05, 0.1) is 18.4 Å². The highest BCUT2D eigenvalue weighted by atomic mass is 19.1. The molecule has 0 radical (unpaired) electrons. The van der Waals surface area contributed by atoms with E-state index in [0.717, 1.165) is 5.56 Å². The molecule has 0 unspecified atom stereocenters. The molecule has 0 spiro atoms. The standard InChI is InChI=1S/C11H9FN2O2/c12-8-1-2-9-6(3-4-15-9)10(8)7-5-14-16-11(7)13/h1-2,5H,3-4,13H2. The van der Waals surface area contributed by atoms with Gasteiger partial charge in [0.15, 0.2) is 0 Å². The number of halogens is 1. The molecule has 0 amide bonds. The number of nitrogens with zero attached hydrogens (tertiary/aromatic N) is 1. The Morgan fingerprint density at radius 2 is 2.25 bits per heavy atom. The van der Waals surface area contributed by atoms with Gasteiger partial charge in [-0.05, 0) is 12.1 Å². The SMILES string of the molecule is Nc1oncc1-c1c(F)ccc2c1CCO2. The highest BCUT2D eigenvalue weighted by Crippen LogP contribution is 2.38. The van der Waals surface area contributed by atoms with Crippen LogP contribution in [-0.2, 0) is 6.42 Å². The van der Waals surface area contributed by atoms with E-state index in [0.29, 0.717) is 29.9 Å². The van der Waals surface area contributed by atoms with E-state index in [-0.39, 0.29) is 11.7 Å². The molecule has 2 aromatic rings. The first kappa shape index (κ1) is 9.21.